The van der Waals surface area contributed by atoms with E-state index in [4.69, 9.17) is 4.74 Å². The van der Waals surface area contributed by atoms with Crippen molar-refractivity contribution in [1.29, 1.82) is 0 Å². The Morgan fingerprint density at radius 1 is 0.933 bits per heavy atom. The van der Waals surface area contributed by atoms with Crippen molar-refractivity contribution in [3.05, 3.63) is 103 Å². The second-order valence-corrected chi connectivity index (χ2v) is 6.96. The highest BCUT2D eigenvalue weighted by atomic mass is 16.5. The van der Waals surface area contributed by atoms with Gasteiger partial charge in [0.1, 0.15) is 24.2 Å². The van der Waals surface area contributed by atoms with E-state index in [0.717, 1.165) is 17.0 Å². The molecule has 0 bridgehead atoms. The Morgan fingerprint density at radius 3 is 2.23 bits per heavy atom. The van der Waals surface area contributed by atoms with Gasteiger partial charge < -0.3 is 9.64 Å². The fraction of sp³-hybridized carbons (Fsp3) is 0.125. The fourth-order valence-corrected chi connectivity index (χ4v) is 3.14. The lowest BCUT2D eigenvalue weighted by Crippen LogP contribution is -2.29. The normalized spacial score (nSPS) is 11.7. The number of hydrogen-bond donors (Lipinski definition) is 0. The third-order valence-electron chi connectivity index (χ3n) is 5.04. The fourth-order valence-electron chi connectivity index (χ4n) is 3.14. The molecule has 30 heavy (non-hydrogen) atoms. The molecule has 0 unspecified atom stereocenters. The number of carbonyl (C=O) groups is 1. The van der Waals surface area contributed by atoms with Crippen LogP contribution in [0.25, 0.3) is 5.69 Å². The molecular weight excluding hydrogens is 376 g/mol. The number of rotatable bonds is 6. The summed E-state index contributed by atoms with van der Waals surface area (Å²) in [4.78, 5) is 18.6. The molecule has 0 aliphatic carbocycles. The SMILES string of the molecule is C[C@H](c1ccc(-n2cncn2)cc1)N(C)C(=O)c1ccc(Oc2ccccc2)cc1. The smallest absolute Gasteiger partial charge is 0.254 e. The van der Waals surface area contributed by atoms with Gasteiger partial charge in [-0.1, -0.05) is 30.3 Å². The summed E-state index contributed by atoms with van der Waals surface area (Å²) in [5.41, 5.74) is 2.58. The van der Waals surface area contributed by atoms with Crippen LogP contribution in [0.1, 0.15) is 28.9 Å². The molecule has 0 fully saturated rings. The van der Waals surface area contributed by atoms with E-state index in [9.17, 15) is 4.79 Å². The minimum atomic E-state index is -0.0810. The standard InChI is InChI=1S/C24H22N4O2/c1-18(19-8-12-21(13-9-19)28-17-25-16-26-28)27(2)24(29)20-10-14-23(15-11-20)30-22-6-4-3-5-7-22/h3-18H,1-2H3/t18-/m1/s1. The van der Waals surface area contributed by atoms with Gasteiger partial charge in [-0.15, -0.1) is 0 Å². The summed E-state index contributed by atoms with van der Waals surface area (Å²) in [6, 6.07) is 24.6. The van der Waals surface area contributed by atoms with Gasteiger partial charge in [-0.3, -0.25) is 4.79 Å². The van der Waals surface area contributed by atoms with Gasteiger partial charge in [-0.2, -0.15) is 5.10 Å². The highest BCUT2D eigenvalue weighted by Gasteiger charge is 2.19. The first kappa shape index (κ1) is 19.4. The van der Waals surface area contributed by atoms with Gasteiger partial charge in [0.2, 0.25) is 0 Å². The van der Waals surface area contributed by atoms with Crippen molar-refractivity contribution < 1.29 is 9.53 Å². The van der Waals surface area contributed by atoms with Crippen molar-refractivity contribution in [2.45, 2.75) is 13.0 Å². The molecule has 4 rings (SSSR count). The van der Waals surface area contributed by atoms with E-state index in [0.29, 0.717) is 11.3 Å². The van der Waals surface area contributed by atoms with Crippen LogP contribution in [0.4, 0.5) is 0 Å². The zero-order valence-corrected chi connectivity index (χ0v) is 16.8. The molecule has 0 aliphatic rings. The topological polar surface area (TPSA) is 60.2 Å². The molecule has 0 N–H and O–H groups in total. The van der Waals surface area contributed by atoms with Crippen molar-refractivity contribution in [3.8, 4) is 17.2 Å². The highest BCUT2D eigenvalue weighted by Crippen LogP contribution is 2.24. The van der Waals surface area contributed by atoms with Gasteiger partial charge in [0.15, 0.2) is 0 Å². The molecule has 0 radical (unpaired) electrons. The number of amides is 1. The van der Waals surface area contributed by atoms with Crippen LogP contribution in [0.3, 0.4) is 0 Å². The Morgan fingerprint density at radius 2 is 1.60 bits per heavy atom. The maximum absolute atomic E-state index is 12.9. The zero-order valence-electron chi connectivity index (χ0n) is 16.8. The Balaban J connectivity index is 1.43. The number of carbonyl (C=O) groups excluding carboxylic acids is 1. The van der Waals surface area contributed by atoms with E-state index in [1.807, 2.05) is 80.7 Å². The molecule has 0 spiro atoms. The molecule has 0 saturated carbocycles. The molecular formula is C24H22N4O2. The Labute approximate surface area is 175 Å². The first-order valence-electron chi connectivity index (χ1n) is 9.67. The summed E-state index contributed by atoms with van der Waals surface area (Å²) < 4.78 is 7.49. The number of ether oxygens (including phenoxy) is 1. The van der Waals surface area contributed by atoms with E-state index < -0.39 is 0 Å². The predicted octanol–water partition coefficient (Wildman–Crippen LogP) is 4.89. The van der Waals surface area contributed by atoms with Crippen molar-refractivity contribution in [1.82, 2.24) is 19.7 Å². The molecule has 1 atom stereocenters. The van der Waals surface area contributed by atoms with Crippen LogP contribution in [-0.2, 0) is 0 Å². The van der Waals surface area contributed by atoms with Gasteiger partial charge in [-0.25, -0.2) is 9.67 Å². The van der Waals surface area contributed by atoms with Crippen LogP contribution in [0.2, 0.25) is 0 Å². The van der Waals surface area contributed by atoms with Crippen LogP contribution in [0, 0.1) is 0 Å². The Bertz CT molecular complexity index is 1090. The average molecular weight is 398 g/mol. The molecule has 6 nitrogen and oxygen atoms in total. The molecule has 6 heteroatoms. The van der Waals surface area contributed by atoms with Gasteiger partial charge in [0.05, 0.1) is 11.7 Å². The quantitative estimate of drug-likeness (QED) is 0.464. The lowest BCUT2D eigenvalue weighted by Gasteiger charge is -2.25. The maximum Gasteiger partial charge on any atom is 0.254 e. The summed E-state index contributed by atoms with van der Waals surface area (Å²) in [5, 5.41) is 4.13. The van der Waals surface area contributed by atoms with Crippen LogP contribution < -0.4 is 4.74 Å². The summed E-state index contributed by atoms with van der Waals surface area (Å²) in [6.45, 7) is 2.01. The minimum absolute atomic E-state index is 0.0471. The van der Waals surface area contributed by atoms with E-state index in [1.165, 1.54) is 6.33 Å². The van der Waals surface area contributed by atoms with E-state index in [2.05, 4.69) is 10.1 Å². The number of aromatic nitrogens is 3. The molecule has 3 aromatic carbocycles. The zero-order chi connectivity index (χ0) is 20.9. The monoisotopic (exact) mass is 398 g/mol. The number of para-hydroxylation sites is 1. The van der Waals surface area contributed by atoms with Crippen molar-refractivity contribution in [3.63, 3.8) is 0 Å². The molecule has 4 aromatic rings. The molecule has 1 aromatic heterocycles. The third-order valence-corrected chi connectivity index (χ3v) is 5.04. The second-order valence-electron chi connectivity index (χ2n) is 6.96. The number of benzene rings is 3. The molecule has 0 saturated heterocycles. The Hall–Kier alpha value is -3.93. The second kappa shape index (κ2) is 8.61. The summed E-state index contributed by atoms with van der Waals surface area (Å²) in [6.07, 6.45) is 3.15. The number of nitrogens with zero attached hydrogens (tertiary/aromatic N) is 4. The third kappa shape index (κ3) is 4.22. The first-order chi connectivity index (χ1) is 14.6. The predicted molar refractivity (Wildman–Crippen MR) is 115 cm³/mol. The summed E-state index contributed by atoms with van der Waals surface area (Å²) in [7, 11) is 1.81. The molecule has 1 heterocycles. The molecule has 150 valence electrons. The Kier molecular flexibility index (Phi) is 5.57. The van der Waals surface area contributed by atoms with Crippen molar-refractivity contribution >= 4 is 5.91 Å². The molecule has 1 amide bonds. The van der Waals surface area contributed by atoms with E-state index >= 15 is 0 Å². The van der Waals surface area contributed by atoms with E-state index in [1.54, 1.807) is 28.0 Å². The van der Waals surface area contributed by atoms with Gasteiger partial charge in [-0.05, 0) is 61.0 Å². The molecule has 0 aliphatic heterocycles. The largest absolute Gasteiger partial charge is 0.457 e. The maximum atomic E-state index is 12.9. The van der Waals surface area contributed by atoms with Crippen molar-refractivity contribution in [2.24, 2.45) is 0 Å². The van der Waals surface area contributed by atoms with Crippen LogP contribution in [-0.4, -0.2) is 32.6 Å². The van der Waals surface area contributed by atoms with Gasteiger partial charge in [0, 0.05) is 12.6 Å². The lowest BCUT2D eigenvalue weighted by atomic mass is 10.1. The van der Waals surface area contributed by atoms with Crippen LogP contribution in [0.5, 0.6) is 11.5 Å². The van der Waals surface area contributed by atoms with E-state index in [-0.39, 0.29) is 11.9 Å². The van der Waals surface area contributed by atoms with Crippen molar-refractivity contribution in [2.75, 3.05) is 7.05 Å². The van der Waals surface area contributed by atoms with Crippen LogP contribution in [0.15, 0.2) is 91.5 Å². The van der Waals surface area contributed by atoms with Gasteiger partial charge in [0.25, 0.3) is 5.91 Å². The highest BCUT2D eigenvalue weighted by molar-refractivity contribution is 5.94. The minimum Gasteiger partial charge on any atom is -0.457 e. The number of hydrogen-bond acceptors (Lipinski definition) is 4. The summed E-state index contributed by atoms with van der Waals surface area (Å²) in [5.74, 6) is 1.41. The van der Waals surface area contributed by atoms with Crippen LogP contribution >= 0.6 is 0 Å². The summed E-state index contributed by atoms with van der Waals surface area (Å²) >= 11 is 0. The van der Waals surface area contributed by atoms with Gasteiger partial charge >= 0.3 is 0 Å². The first-order valence-corrected chi connectivity index (χ1v) is 9.67. The average Bonchev–Trinajstić information content (AvgIpc) is 3.34. The lowest BCUT2D eigenvalue weighted by molar-refractivity contribution is 0.0742.